The average molecular weight is 218 g/mol. The van der Waals surface area contributed by atoms with Gasteiger partial charge in [0.2, 0.25) is 0 Å². The number of aromatic nitrogens is 1. The minimum atomic E-state index is 0.0987. The minimum absolute atomic E-state index is 0.0987. The molecule has 1 unspecified atom stereocenters. The van der Waals surface area contributed by atoms with E-state index in [1.165, 1.54) is 16.0 Å². The van der Waals surface area contributed by atoms with Crippen molar-refractivity contribution in [2.24, 2.45) is 5.73 Å². The monoisotopic (exact) mass is 218 g/mol. The van der Waals surface area contributed by atoms with E-state index in [0.717, 1.165) is 5.69 Å². The van der Waals surface area contributed by atoms with E-state index in [-0.39, 0.29) is 6.04 Å². The van der Waals surface area contributed by atoms with Gasteiger partial charge in [-0.15, -0.1) is 11.3 Å². The summed E-state index contributed by atoms with van der Waals surface area (Å²) >= 11 is 1.67. The molecule has 0 aliphatic rings. The zero-order valence-electron chi connectivity index (χ0n) is 8.90. The van der Waals surface area contributed by atoms with Crippen molar-refractivity contribution in [3.8, 4) is 10.4 Å². The lowest BCUT2D eigenvalue weighted by Crippen LogP contribution is -2.04. The van der Waals surface area contributed by atoms with E-state index in [1.807, 2.05) is 19.4 Å². The number of thiazole rings is 1. The fourth-order valence-electron chi connectivity index (χ4n) is 1.52. The Bertz CT molecular complexity index is 443. The molecule has 0 bridgehead atoms. The molecule has 1 aromatic heterocycles. The van der Waals surface area contributed by atoms with Gasteiger partial charge in [0.15, 0.2) is 0 Å². The molecule has 1 heterocycles. The van der Waals surface area contributed by atoms with Gasteiger partial charge in [0.05, 0.1) is 16.1 Å². The molecular formula is C12H14N2S. The van der Waals surface area contributed by atoms with Gasteiger partial charge < -0.3 is 5.73 Å². The third kappa shape index (κ3) is 2.08. The van der Waals surface area contributed by atoms with Crippen LogP contribution in [0, 0.1) is 6.92 Å². The number of aryl methyl sites for hydroxylation is 1. The van der Waals surface area contributed by atoms with Gasteiger partial charge in [0, 0.05) is 6.04 Å². The molecule has 0 fully saturated rings. The third-order valence-corrected chi connectivity index (χ3v) is 3.42. The second-order valence-electron chi connectivity index (χ2n) is 3.68. The molecule has 1 atom stereocenters. The van der Waals surface area contributed by atoms with E-state index >= 15 is 0 Å². The van der Waals surface area contributed by atoms with Gasteiger partial charge in [-0.2, -0.15) is 0 Å². The van der Waals surface area contributed by atoms with Gasteiger partial charge in [-0.3, -0.25) is 0 Å². The topological polar surface area (TPSA) is 38.9 Å². The lowest BCUT2D eigenvalue weighted by Gasteiger charge is -2.06. The fourth-order valence-corrected chi connectivity index (χ4v) is 2.33. The summed E-state index contributed by atoms with van der Waals surface area (Å²) in [5, 5.41) is 0. The largest absolute Gasteiger partial charge is 0.324 e. The van der Waals surface area contributed by atoms with Crippen molar-refractivity contribution in [2.45, 2.75) is 19.9 Å². The van der Waals surface area contributed by atoms with E-state index in [9.17, 15) is 0 Å². The van der Waals surface area contributed by atoms with Crippen LogP contribution in [0.15, 0.2) is 29.8 Å². The SMILES string of the molecule is Cc1ncsc1-c1ccc(C(C)N)cc1. The van der Waals surface area contributed by atoms with Crippen LogP contribution in [0.1, 0.15) is 24.2 Å². The third-order valence-electron chi connectivity index (χ3n) is 2.44. The Morgan fingerprint density at radius 1 is 1.27 bits per heavy atom. The summed E-state index contributed by atoms with van der Waals surface area (Å²) < 4.78 is 0. The molecule has 0 amide bonds. The van der Waals surface area contributed by atoms with Crippen LogP contribution in [0.3, 0.4) is 0 Å². The highest BCUT2D eigenvalue weighted by molar-refractivity contribution is 7.13. The van der Waals surface area contributed by atoms with Gasteiger partial charge in [-0.1, -0.05) is 24.3 Å². The molecule has 0 saturated heterocycles. The molecule has 2 rings (SSSR count). The van der Waals surface area contributed by atoms with Crippen LogP contribution < -0.4 is 5.73 Å². The molecule has 0 spiro atoms. The Morgan fingerprint density at radius 3 is 2.40 bits per heavy atom. The van der Waals surface area contributed by atoms with Gasteiger partial charge in [-0.05, 0) is 25.0 Å². The standard InChI is InChI=1S/C12H14N2S/c1-8(13)10-3-5-11(6-4-10)12-9(2)14-7-15-12/h3-8H,13H2,1-2H3. The van der Waals surface area contributed by atoms with Crippen molar-refractivity contribution in [2.75, 3.05) is 0 Å². The Balaban J connectivity index is 2.36. The van der Waals surface area contributed by atoms with Crippen LogP contribution in [-0.2, 0) is 0 Å². The Labute approximate surface area is 93.8 Å². The summed E-state index contributed by atoms with van der Waals surface area (Å²) in [6, 6.07) is 8.48. The van der Waals surface area contributed by atoms with Gasteiger partial charge in [0.25, 0.3) is 0 Å². The molecule has 2 nitrogen and oxygen atoms in total. The van der Waals surface area contributed by atoms with Crippen molar-refractivity contribution in [3.05, 3.63) is 41.0 Å². The van der Waals surface area contributed by atoms with Crippen LogP contribution in [-0.4, -0.2) is 4.98 Å². The van der Waals surface area contributed by atoms with Crippen molar-refractivity contribution in [1.29, 1.82) is 0 Å². The second kappa shape index (κ2) is 4.13. The van der Waals surface area contributed by atoms with Crippen LogP contribution in [0.25, 0.3) is 10.4 Å². The van der Waals surface area contributed by atoms with Crippen LogP contribution in [0.5, 0.6) is 0 Å². The minimum Gasteiger partial charge on any atom is -0.324 e. The summed E-state index contributed by atoms with van der Waals surface area (Å²) in [4.78, 5) is 5.49. The molecule has 0 aliphatic heterocycles. The molecule has 1 aromatic carbocycles. The lowest BCUT2D eigenvalue weighted by atomic mass is 10.1. The first-order valence-corrected chi connectivity index (χ1v) is 5.82. The van der Waals surface area contributed by atoms with Crippen molar-refractivity contribution in [1.82, 2.24) is 4.98 Å². The zero-order chi connectivity index (χ0) is 10.8. The number of nitrogens with two attached hydrogens (primary N) is 1. The van der Waals surface area contributed by atoms with Gasteiger partial charge in [-0.25, -0.2) is 4.98 Å². The van der Waals surface area contributed by atoms with E-state index in [4.69, 9.17) is 5.73 Å². The van der Waals surface area contributed by atoms with E-state index < -0.39 is 0 Å². The predicted molar refractivity (Wildman–Crippen MR) is 64.9 cm³/mol. The number of benzene rings is 1. The average Bonchev–Trinajstić information content (AvgIpc) is 2.65. The van der Waals surface area contributed by atoms with Crippen LogP contribution >= 0.6 is 11.3 Å². The summed E-state index contributed by atoms with van der Waals surface area (Å²) in [5.41, 5.74) is 11.2. The lowest BCUT2D eigenvalue weighted by molar-refractivity contribution is 0.818. The Kier molecular flexibility index (Phi) is 2.84. The van der Waals surface area contributed by atoms with Crippen molar-refractivity contribution < 1.29 is 0 Å². The molecular weight excluding hydrogens is 204 g/mol. The first-order valence-electron chi connectivity index (χ1n) is 4.94. The molecule has 0 aliphatic carbocycles. The summed E-state index contributed by atoms with van der Waals surface area (Å²) in [7, 11) is 0. The quantitative estimate of drug-likeness (QED) is 0.841. The van der Waals surface area contributed by atoms with Crippen molar-refractivity contribution in [3.63, 3.8) is 0 Å². The highest BCUT2D eigenvalue weighted by Crippen LogP contribution is 2.27. The molecule has 15 heavy (non-hydrogen) atoms. The molecule has 2 aromatic rings. The maximum atomic E-state index is 5.80. The normalized spacial score (nSPS) is 12.7. The summed E-state index contributed by atoms with van der Waals surface area (Å²) in [5.74, 6) is 0. The van der Waals surface area contributed by atoms with Crippen LogP contribution in [0.2, 0.25) is 0 Å². The highest BCUT2D eigenvalue weighted by atomic mass is 32.1. The van der Waals surface area contributed by atoms with Gasteiger partial charge >= 0.3 is 0 Å². The number of hydrogen-bond donors (Lipinski definition) is 1. The zero-order valence-corrected chi connectivity index (χ0v) is 9.71. The smallest absolute Gasteiger partial charge is 0.0801 e. The van der Waals surface area contributed by atoms with E-state index in [2.05, 4.69) is 29.2 Å². The first kappa shape index (κ1) is 10.3. The second-order valence-corrected chi connectivity index (χ2v) is 4.53. The number of rotatable bonds is 2. The van der Waals surface area contributed by atoms with Gasteiger partial charge in [0.1, 0.15) is 0 Å². The number of hydrogen-bond acceptors (Lipinski definition) is 3. The maximum Gasteiger partial charge on any atom is 0.0801 e. The molecule has 0 saturated carbocycles. The number of nitrogens with zero attached hydrogens (tertiary/aromatic N) is 1. The Morgan fingerprint density at radius 2 is 1.93 bits per heavy atom. The fraction of sp³-hybridized carbons (Fsp3) is 0.250. The van der Waals surface area contributed by atoms with Crippen LogP contribution in [0.4, 0.5) is 0 Å². The Hall–Kier alpha value is -1.19. The van der Waals surface area contributed by atoms with Crippen molar-refractivity contribution >= 4 is 11.3 Å². The highest BCUT2D eigenvalue weighted by Gasteiger charge is 2.05. The van der Waals surface area contributed by atoms with E-state index in [1.54, 1.807) is 11.3 Å². The molecule has 78 valence electrons. The molecule has 0 radical (unpaired) electrons. The molecule has 2 N–H and O–H groups in total. The summed E-state index contributed by atoms with van der Waals surface area (Å²) in [6.45, 7) is 4.03. The predicted octanol–water partition coefficient (Wildman–Crippen LogP) is 3.14. The first-order chi connectivity index (χ1) is 7.18. The summed E-state index contributed by atoms with van der Waals surface area (Å²) in [6.07, 6.45) is 0. The van der Waals surface area contributed by atoms with E-state index in [0.29, 0.717) is 0 Å². The maximum absolute atomic E-state index is 5.80. The molecule has 3 heteroatoms.